The van der Waals surface area contributed by atoms with E-state index < -0.39 is 11.7 Å². The van der Waals surface area contributed by atoms with Gasteiger partial charge in [0.15, 0.2) is 0 Å². The lowest BCUT2D eigenvalue weighted by atomic mass is 9.96. The summed E-state index contributed by atoms with van der Waals surface area (Å²) in [7, 11) is 0. The fraction of sp³-hybridized carbons (Fsp3) is 0.316. The minimum atomic E-state index is -0.621. The van der Waals surface area contributed by atoms with Gasteiger partial charge >= 0.3 is 0 Å². The van der Waals surface area contributed by atoms with Gasteiger partial charge in [0, 0.05) is 25.8 Å². The summed E-state index contributed by atoms with van der Waals surface area (Å²) in [6.07, 6.45) is 3.39. The number of rotatable bonds is 4. The van der Waals surface area contributed by atoms with Crippen molar-refractivity contribution < 1.29 is 9.18 Å². The molecule has 1 aromatic heterocycles. The Morgan fingerprint density at radius 2 is 2.12 bits per heavy atom. The summed E-state index contributed by atoms with van der Waals surface area (Å²) in [4.78, 5) is 18.6. The van der Waals surface area contributed by atoms with Gasteiger partial charge in [0.05, 0.1) is 16.1 Å². The quantitative estimate of drug-likeness (QED) is 0.893. The minimum absolute atomic E-state index is 0.108. The maximum atomic E-state index is 13.8. The third-order valence-corrected chi connectivity index (χ3v) is 4.88. The van der Waals surface area contributed by atoms with Crippen LogP contribution in [0.1, 0.15) is 28.8 Å². The summed E-state index contributed by atoms with van der Waals surface area (Å²) in [5.41, 5.74) is 0.451. The van der Waals surface area contributed by atoms with Gasteiger partial charge in [-0.3, -0.25) is 4.79 Å². The van der Waals surface area contributed by atoms with Crippen molar-refractivity contribution in [3.05, 3.63) is 58.5 Å². The van der Waals surface area contributed by atoms with Crippen molar-refractivity contribution in [2.45, 2.75) is 12.8 Å². The van der Waals surface area contributed by atoms with Crippen LogP contribution in [0.5, 0.6) is 0 Å². The van der Waals surface area contributed by atoms with E-state index in [1.165, 1.54) is 18.2 Å². The Morgan fingerprint density at radius 3 is 2.81 bits per heavy atom. The third kappa shape index (κ3) is 3.94. The van der Waals surface area contributed by atoms with Crippen molar-refractivity contribution in [1.82, 2.24) is 10.3 Å². The fourth-order valence-corrected chi connectivity index (χ4v) is 3.37. The summed E-state index contributed by atoms with van der Waals surface area (Å²) in [5.74, 6) is -0.123. The molecule has 5 nitrogen and oxygen atoms in total. The van der Waals surface area contributed by atoms with Gasteiger partial charge in [-0.15, -0.1) is 0 Å². The lowest BCUT2D eigenvalue weighted by Gasteiger charge is -2.33. The van der Waals surface area contributed by atoms with E-state index in [1.807, 2.05) is 0 Å². The Bertz CT molecular complexity index is 823. The highest BCUT2D eigenvalue weighted by atomic mass is 35.5. The zero-order chi connectivity index (χ0) is 18.5. The SMILES string of the molecule is N#Cc1cccnc1N1CCC(CNC(=O)c2c(F)cccc2Cl)CC1. The molecule has 1 fully saturated rings. The normalized spacial score (nSPS) is 14.7. The second-order valence-corrected chi connectivity index (χ2v) is 6.63. The van der Waals surface area contributed by atoms with E-state index in [0.717, 1.165) is 25.9 Å². The first kappa shape index (κ1) is 18.2. The number of nitrogens with one attached hydrogen (secondary N) is 1. The molecule has 134 valence electrons. The van der Waals surface area contributed by atoms with E-state index >= 15 is 0 Å². The number of anilines is 1. The average molecular weight is 373 g/mol. The van der Waals surface area contributed by atoms with Crippen molar-refractivity contribution >= 4 is 23.3 Å². The maximum Gasteiger partial charge on any atom is 0.255 e. The van der Waals surface area contributed by atoms with Gasteiger partial charge in [0.1, 0.15) is 17.7 Å². The molecule has 1 aliphatic rings. The van der Waals surface area contributed by atoms with Crippen molar-refractivity contribution in [3.8, 4) is 6.07 Å². The van der Waals surface area contributed by atoms with Gasteiger partial charge in [0.25, 0.3) is 5.91 Å². The molecule has 0 radical (unpaired) electrons. The first-order chi connectivity index (χ1) is 12.6. The van der Waals surface area contributed by atoms with Crippen LogP contribution in [0.2, 0.25) is 5.02 Å². The number of carbonyl (C=O) groups is 1. The van der Waals surface area contributed by atoms with E-state index in [1.54, 1.807) is 18.3 Å². The highest BCUT2D eigenvalue weighted by Crippen LogP contribution is 2.24. The average Bonchev–Trinajstić information content (AvgIpc) is 2.66. The van der Waals surface area contributed by atoms with E-state index in [9.17, 15) is 14.4 Å². The molecule has 2 heterocycles. The molecule has 0 bridgehead atoms. The molecular weight excluding hydrogens is 355 g/mol. The van der Waals surface area contributed by atoms with Crippen LogP contribution in [0.15, 0.2) is 36.5 Å². The molecule has 0 spiro atoms. The number of halogens is 2. The number of aromatic nitrogens is 1. The molecule has 1 N–H and O–H groups in total. The molecule has 1 saturated heterocycles. The number of hydrogen-bond acceptors (Lipinski definition) is 4. The van der Waals surface area contributed by atoms with Gasteiger partial charge in [-0.2, -0.15) is 5.26 Å². The van der Waals surface area contributed by atoms with Gasteiger partial charge in [-0.25, -0.2) is 9.37 Å². The summed E-state index contributed by atoms with van der Waals surface area (Å²) >= 11 is 5.92. The van der Waals surface area contributed by atoms with E-state index in [-0.39, 0.29) is 16.5 Å². The van der Waals surface area contributed by atoms with Crippen LogP contribution in [0.25, 0.3) is 0 Å². The lowest BCUT2D eigenvalue weighted by molar-refractivity contribution is 0.0941. The standard InChI is InChI=1S/C19H18ClFN4O/c20-15-4-1-5-16(21)17(15)19(26)24-12-13-6-9-25(10-7-13)18-14(11-22)3-2-8-23-18/h1-5,8,13H,6-7,9-10,12H2,(H,24,26). The molecule has 2 aromatic rings. The molecule has 1 aliphatic heterocycles. The van der Waals surface area contributed by atoms with Gasteiger partial charge in [-0.1, -0.05) is 17.7 Å². The van der Waals surface area contributed by atoms with Crippen LogP contribution < -0.4 is 10.2 Å². The first-order valence-corrected chi connectivity index (χ1v) is 8.80. The number of hydrogen-bond donors (Lipinski definition) is 1. The molecular formula is C19H18ClFN4O. The Labute approximate surface area is 156 Å². The highest BCUT2D eigenvalue weighted by Gasteiger charge is 2.23. The van der Waals surface area contributed by atoms with E-state index in [2.05, 4.69) is 21.3 Å². The molecule has 1 aromatic carbocycles. The third-order valence-electron chi connectivity index (χ3n) is 4.56. The predicted octanol–water partition coefficient (Wildman–Crippen LogP) is 3.39. The zero-order valence-corrected chi connectivity index (χ0v) is 14.8. The first-order valence-electron chi connectivity index (χ1n) is 8.42. The summed E-state index contributed by atoms with van der Waals surface area (Å²) in [5, 5.41) is 12.1. The van der Waals surface area contributed by atoms with Gasteiger partial charge < -0.3 is 10.2 Å². The molecule has 0 unspecified atom stereocenters. The van der Waals surface area contributed by atoms with Crippen LogP contribution in [-0.4, -0.2) is 30.5 Å². The molecule has 0 aliphatic carbocycles. The topological polar surface area (TPSA) is 69.0 Å². The smallest absolute Gasteiger partial charge is 0.255 e. The molecule has 1 amide bonds. The van der Waals surface area contributed by atoms with Crippen LogP contribution >= 0.6 is 11.6 Å². The van der Waals surface area contributed by atoms with Crippen molar-refractivity contribution in [2.24, 2.45) is 5.92 Å². The summed E-state index contributed by atoms with van der Waals surface area (Å²) in [6, 6.07) is 9.86. The summed E-state index contributed by atoms with van der Waals surface area (Å²) < 4.78 is 13.8. The van der Waals surface area contributed by atoms with Crippen LogP contribution in [0.3, 0.4) is 0 Å². The Kier molecular flexibility index (Phi) is 5.69. The number of nitriles is 1. The minimum Gasteiger partial charge on any atom is -0.356 e. The van der Waals surface area contributed by atoms with E-state index in [4.69, 9.17) is 11.6 Å². The Balaban J connectivity index is 1.55. The molecule has 3 rings (SSSR count). The highest BCUT2D eigenvalue weighted by molar-refractivity contribution is 6.33. The lowest BCUT2D eigenvalue weighted by Crippen LogP contribution is -2.39. The van der Waals surface area contributed by atoms with Gasteiger partial charge in [-0.05, 0) is 43.0 Å². The number of benzene rings is 1. The van der Waals surface area contributed by atoms with Crippen molar-refractivity contribution in [2.75, 3.05) is 24.5 Å². The Morgan fingerprint density at radius 1 is 1.35 bits per heavy atom. The maximum absolute atomic E-state index is 13.8. The number of pyridine rings is 1. The largest absolute Gasteiger partial charge is 0.356 e. The monoisotopic (exact) mass is 372 g/mol. The number of carbonyl (C=O) groups excluding carboxylic acids is 1. The fourth-order valence-electron chi connectivity index (χ4n) is 3.13. The van der Waals surface area contributed by atoms with E-state index in [0.29, 0.717) is 17.9 Å². The molecule has 7 heteroatoms. The predicted molar refractivity (Wildman–Crippen MR) is 97.6 cm³/mol. The number of nitrogens with zero attached hydrogens (tertiary/aromatic N) is 3. The zero-order valence-electron chi connectivity index (χ0n) is 14.1. The second kappa shape index (κ2) is 8.15. The number of piperidine rings is 1. The van der Waals surface area contributed by atoms with Crippen molar-refractivity contribution in [3.63, 3.8) is 0 Å². The number of amides is 1. The van der Waals surface area contributed by atoms with Gasteiger partial charge in [0.2, 0.25) is 0 Å². The Hall–Kier alpha value is -2.65. The summed E-state index contributed by atoms with van der Waals surface area (Å²) in [6.45, 7) is 1.98. The van der Waals surface area contributed by atoms with Crippen LogP contribution in [0, 0.1) is 23.1 Å². The second-order valence-electron chi connectivity index (χ2n) is 6.22. The molecule has 26 heavy (non-hydrogen) atoms. The molecule has 0 atom stereocenters. The van der Waals surface area contributed by atoms with Crippen LogP contribution in [0.4, 0.5) is 10.2 Å². The van der Waals surface area contributed by atoms with Crippen molar-refractivity contribution in [1.29, 1.82) is 5.26 Å². The molecule has 0 saturated carbocycles. The van der Waals surface area contributed by atoms with Crippen LogP contribution in [-0.2, 0) is 0 Å².